The fraction of sp³-hybridized carbons (Fsp3) is 0.412. The van der Waals surface area contributed by atoms with Gasteiger partial charge in [-0.3, -0.25) is 4.79 Å². The summed E-state index contributed by atoms with van der Waals surface area (Å²) in [7, 11) is 2.91. The molecule has 1 N–H and O–H groups in total. The predicted molar refractivity (Wildman–Crippen MR) is 85.4 cm³/mol. The molecule has 0 aliphatic carbocycles. The molecular weight excluding hydrogens is 282 g/mol. The first-order valence-electron chi connectivity index (χ1n) is 7.16. The minimum atomic E-state index is -0.627. The minimum Gasteiger partial charge on any atom is -0.497 e. The summed E-state index contributed by atoms with van der Waals surface area (Å²) in [4.78, 5) is 23.6. The Morgan fingerprint density at radius 1 is 1.18 bits per heavy atom. The number of hydrogen-bond acceptors (Lipinski definition) is 4. The summed E-state index contributed by atoms with van der Waals surface area (Å²) >= 11 is 0. The zero-order valence-electron chi connectivity index (χ0n) is 13.5. The number of benzene rings is 1. The Morgan fingerprint density at radius 3 is 2.32 bits per heavy atom. The van der Waals surface area contributed by atoms with E-state index in [0.29, 0.717) is 6.42 Å². The van der Waals surface area contributed by atoms with E-state index in [4.69, 9.17) is 9.47 Å². The van der Waals surface area contributed by atoms with Crippen molar-refractivity contribution < 1.29 is 19.1 Å². The van der Waals surface area contributed by atoms with Crippen LogP contribution in [0.4, 0.5) is 0 Å². The summed E-state index contributed by atoms with van der Waals surface area (Å²) in [5.74, 6) is 0.269. The molecule has 22 heavy (non-hydrogen) atoms. The van der Waals surface area contributed by atoms with Crippen molar-refractivity contribution in [2.75, 3.05) is 14.2 Å². The molecule has 1 aromatic rings. The van der Waals surface area contributed by atoms with Crippen molar-refractivity contribution >= 4 is 18.0 Å². The molecule has 1 atom stereocenters. The van der Waals surface area contributed by atoms with Crippen LogP contribution in [0, 0.1) is 5.92 Å². The Morgan fingerprint density at radius 2 is 1.82 bits per heavy atom. The lowest BCUT2D eigenvalue weighted by atomic mass is 10.0. The lowest BCUT2D eigenvalue weighted by Crippen LogP contribution is -2.41. The smallest absolute Gasteiger partial charge is 0.328 e. The number of nitrogens with one attached hydrogen (secondary N) is 1. The van der Waals surface area contributed by atoms with E-state index in [-0.39, 0.29) is 11.8 Å². The van der Waals surface area contributed by atoms with Crippen molar-refractivity contribution in [1.82, 2.24) is 5.32 Å². The monoisotopic (exact) mass is 305 g/mol. The van der Waals surface area contributed by atoms with Gasteiger partial charge in [-0.05, 0) is 36.1 Å². The molecule has 0 spiro atoms. The Bertz CT molecular complexity index is 520. The quantitative estimate of drug-likeness (QED) is 0.620. The van der Waals surface area contributed by atoms with E-state index in [1.807, 2.05) is 38.1 Å². The average Bonchev–Trinajstić information content (AvgIpc) is 2.51. The van der Waals surface area contributed by atoms with Gasteiger partial charge in [0.15, 0.2) is 0 Å². The number of carbonyl (C=O) groups is 2. The second kappa shape index (κ2) is 8.87. The molecule has 5 heteroatoms. The molecule has 0 aliphatic rings. The van der Waals surface area contributed by atoms with Crippen LogP contribution in [-0.4, -0.2) is 32.1 Å². The standard InChI is InChI=1S/C17H23NO4/c1-12(2)11-15(17(20)22-4)18-16(19)10-7-13-5-8-14(21-3)9-6-13/h5-10,12,15H,11H2,1-4H3,(H,18,19)/t15-/m1/s1. The van der Waals surface area contributed by atoms with Crippen molar-refractivity contribution in [1.29, 1.82) is 0 Å². The van der Waals surface area contributed by atoms with E-state index in [0.717, 1.165) is 11.3 Å². The van der Waals surface area contributed by atoms with Gasteiger partial charge in [-0.1, -0.05) is 26.0 Å². The van der Waals surface area contributed by atoms with Crippen molar-refractivity contribution in [3.63, 3.8) is 0 Å². The zero-order valence-corrected chi connectivity index (χ0v) is 13.5. The number of hydrogen-bond donors (Lipinski definition) is 1. The average molecular weight is 305 g/mol. The Kier molecular flexibility index (Phi) is 7.16. The van der Waals surface area contributed by atoms with Gasteiger partial charge < -0.3 is 14.8 Å². The van der Waals surface area contributed by atoms with Crippen LogP contribution in [0.15, 0.2) is 30.3 Å². The van der Waals surface area contributed by atoms with E-state index >= 15 is 0 Å². The van der Waals surface area contributed by atoms with Gasteiger partial charge in [0.2, 0.25) is 5.91 Å². The number of rotatable bonds is 7. The van der Waals surface area contributed by atoms with E-state index in [2.05, 4.69) is 5.32 Å². The fourth-order valence-corrected chi connectivity index (χ4v) is 1.93. The maximum atomic E-state index is 11.9. The van der Waals surface area contributed by atoms with E-state index in [1.54, 1.807) is 13.2 Å². The third kappa shape index (κ3) is 5.99. The van der Waals surface area contributed by atoms with Gasteiger partial charge in [-0.15, -0.1) is 0 Å². The van der Waals surface area contributed by atoms with Gasteiger partial charge in [-0.2, -0.15) is 0 Å². The largest absolute Gasteiger partial charge is 0.497 e. The van der Waals surface area contributed by atoms with Crippen LogP contribution >= 0.6 is 0 Å². The highest BCUT2D eigenvalue weighted by molar-refractivity contribution is 5.94. The summed E-state index contributed by atoms with van der Waals surface area (Å²) < 4.78 is 9.78. The van der Waals surface area contributed by atoms with E-state index in [9.17, 15) is 9.59 Å². The second-order valence-corrected chi connectivity index (χ2v) is 5.32. The Balaban J connectivity index is 2.65. The third-order valence-corrected chi connectivity index (χ3v) is 3.05. The Hall–Kier alpha value is -2.30. The lowest BCUT2D eigenvalue weighted by molar-refractivity contribution is -0.145. The number of methoxy groups -OCH3 is 2. The van der Waals surface area contributed by atoms with Crippen LogP contribution in [0.25, 0.3) is 6.08 Å². The van der Waals surface area contributed by atoms with E-state index in [1.165, 1.54) is 13.2 Å². The molecule has 0 unspecified atom stereocenters. The number of esters is 1. The lowest BCUT2D eigenvalue weighted by Gasteiger charge is -2.17. The highest BCUT2D eigenvalue weighted by Crippen LogP contribution is 2.12. The molecule has 1 amide bonds. The molecule has 0 aromatic heterocycles. The van der Waals surface area contributed by atoms with Gasteiger partial charge in [0, 0.05) is 6.08 Å². The van der Waals surface area contributed by atoms with Gasteiger partial charge in [0.25, 0.3) is 0 Å². The van der Waals surface area contributed by atoms with Crippen LogP contribution in [0.2, 0.25) is 0 Å². The van der Waals surface area contributed by atoms with Gasteiger partial charge in [0.05, 0.1) is 14.2 Å². The summed E-state index contributed by atoms with van der Waals surface area (Å²) in [6.45, 7) is 3.96. The van der Waals surface area contributed by atoms with Crippen molar-refractivity contribution in [3.05, 3.63) is 35.9 Å². The molecule has 0 heterocycles. The Labute approximate surface area is 131 Å². The van der Waals surface area contributed by atoms with Crippen LogP contribution in [-0.2, 0) is 14.3 Å². The SMILES string of the molecule is COC(=O)[C@@H](CC(C)C)NC(=O)C=Cc1ccc(OC)cc1. The number of amides is 1. The van der Waals surface area contributed by atoms with Crippen LogP contribution in [0.3, 0.4) is 0 Å². The predicted octanol–water partition coefficient (Wildman–Crippen LogP) is 2.41. The summed E-state index contributed by atoms with van der Waals surface area (Å²) in [6.07, 6.45) is 3.62. The highest BCUT2D eigenvalue weighted by Gasteiger charge is 2.21. The van der Waals surface area contributed by atoms with Crippen molar-refractivity contribution in [2.45, 2.75) is 26.3 Å². The van der Waals surface area contributed by atoms with Crippen molar-refractivity contribution in [2.24, 2.45) is 5.92 Å². The minimum absolute atomic E-state index is 0.273. The molecule has 0 radical (unpaired) electrons. The third-order valence-electron chi connectivity index (χ3n) is 3.05. The molecule has 0 saturated carbocycles. The maximum Gasteiger partial charge on any atom is 0.328 e. The highest BCUT2D eigenvalue weighted by atomic mass is 16.5. The molecular formula is C17H23NO4. The molecule has 0 saturated heterocycles. The molecule has 120 valence electrons. The van der Waals surface area contributed by atoms with Crippen molar-refractivity contribution in [3.8, 4) is 5.75 Å². The second-order valence-electron chi connectivity index (χ2n) is 5.32. The van der Waals surface area contributed by atoms with Gasteiger partial charge >= 0.3 is 5.97 Å². The van der Waals surface area contributed by atoms with Gasteiger partial charge in [-0.25, -0.2) is 4.79 Å². The summed E-state index contributed by atoms with van der Waals surface area (Å²) in [6, 6.07) is 6.68. The molecule has 0 aliphatic heterocycles. The molecule has 5 nitrogen and oxygen atoms in total. The first-order chi connectivity index (χ1) is 10.5. The zero-order chi connectivity index (χ0) is 16.5. The number of carbonyl (C=O) groups excluding carboxylic acids is 2. The normalized spacial score (nSPS) is 12.2. The molecule has 0 bridgehead atoms. The number of ether oxygens (including phenoxy) is 2. The topological polar surface area (TPSA) is 64.6 Å². The summed E-state index contributed by atoms with van der Waals surface area (Å²) in [5, 5.41) is 2.67. The first kappa shape index (κ1) is 17.8. The maximum absolute atomic E-state index is 11.9. The first-order valence-corrected chi connectivity index (χ1v) is 7.16. The molecule has 1 aromatic carbocycles. The fourth-order valence-electron chi connectivity index (χ4n) is 1.93. The molecule has 0 fully saturated rings. The van der Waals surface area contributed by atoms with E-state index < -0.39 is 12.0 Å². The summed E-state index contributed by atoms with van der Waals surface area (Å²) in [5.41, 5.74) is 0.870. The van der Waals surface area contributed by atoms with Gasteiger partial charge in [0.1, 0.15) is 11.8 Å². The van der Waals surface area contributed by atoms with Crippen LogP contribution < -0.4 is 10.1 Å². The van der Waals surface area contributed by atoms with Crippen LogP contribution in [0.5, 0.6) is 5.75 Å². The molecule has 1 rings (SSSR count). The van der Waals surface area contributed by atoms with Crippen LogP contribution in [0.1, 0.15) is 25.8 Å².